The van der Waals surface area contributed by atoms with Crippen LogP contribution in [0.3, 0.4) is 0 Å². The highest BCUT2D eigenvalue weighted by molar-refractivity contribution is 5.90. The van der Waals surface area contributed by atoms with E-state index in [4.69, 9.17) is 9.84 Å². The van der Waals surface area contributed by atoms with E-state index in [9.17, 15) is 9.90 Å². The Balaban J connectivity index is 2.59. The normalized spacial score (nSPS) is 10.2. The van der Waals surface area contributed by atoms with Crippen LogP contribution in [-0.2, 0) is 6.61 Å². The summed E-state index contributed by atoms with van der Waals surface area (Å²) in [5, 5.41) is 18.3. The first-order chi connectivity index (χ1) is 9.17. The molecular formula is C15H14O4. The van der Waals surface area contributed by atoms with E-state index in [0.717, 1.165) is 16.7 Å². The molecule has 0 amide bonds. The zero-order chi connectivity index (χ0) is 13.8. The van der Waals surface area contributed by atoms with Crippen LogP contribution in [0.2, 0.25) is 0 Å². The molecule has 0 spiro atoms. The van der Waals surface area contributed by atoms with Crippen LogP contribution in [0.5, 0.6) is 5.75 Å². The fraction of sp³-hybridized carbons (Fsp3) is 0.133. The van der Waals surface area contributed by atoms with Crippen molar-refractivity contribution in [2.75, 3.05) is 7.11 Å². The largest absolute Gasteiger partial charge is 0.496 e. The van der Waals surface area contributed by atoms with E-state index < -0.39 is 5.97 Å². The lowest BCUT2D eigenvalue weighted by Gasteiger charge is -2.12. The standard InChI is InChI=1S/C15H14O4/c1-19-14-8-10(15(17)18)6-7-13(14)12-5-3-2-4-11(12)9-16/h2-8,16H,9H2,1H3,(H,17,18). The van der Waals surface area contributed by atoms with Gasteiger partial charge in [0, 0.05) is 5.56 Å². The second-order valence-electron chi connectivity index (χ2n) is 4.04. The van der Waals surface area contributed by atoms with Gasteiger partial charge in [-0.15, -0.1) is 0 Å². The molecule has 0 fully saturated rings. The van der Waals surface area contributed by atoms with Crippen molar-refractivity contribution in [2.45, 2.75) is 6.61 Å². The quantitative estimate of drug-likeness (QED) is 0.884. The highest BCUT2D eigenvalue weighted by Crippen LogP contribution is 2.33. The molecule has 0 aliphatic rings. The van der Waals surface area contributed by atoms with E-state index in [1.807, 2.05) is 24.3 Å². The Morgan fingerprint density at radius 3 is 2.53 bits per heavy atom. The molecule has 98 valence electrons. The number of hydrogen-bond donors (Lipinski definition) is 2. The topological polar surface area (TPSA) is 66.8 Å². The van der Waals surface area contributed by atoms with Crippen molar-refractivity contribution in [3.63, 3.8) is 0 Å². The number of aliphatic hydroxyl groups is 1. The maximum atomic E-state index is 10.9. The number of carboxylic acid groups (broad SMARTS) is 1. The Hall–Kier alpha value is -2.33. The van der Waals surface area contributed by atoms with E-state index in [0.29, 0.717) is 5.75 Å². The number of carbonyl (C=O) groups is 1. The van der Waals surface area contributed by atoms with Crippen molar-refractivity contribution in [2.24, 2.45) is 0 Å². The maximum Gasteiger partial charge on any atom is 0.335 e. The van der Waals surface area contributed by atoms with Crippen LogP contribution in [0.4, 0.5) is 0 Å². The summed E-state index contributed by atoms with van der Waals surface area (Å²) in [5.74, 6) is -0.527. The van der Waals surface area contributed by atoms with Crippen LogP contribution in [0.1, 0.15) is 15.9 Å². The van der Waals surface area contributed by atoms with Crippen LogP contribution in [0.25, 0.3) is 11.1 Å². The Morgan fingerprint density at radius 1 is 1.16 bits per heavy atom. The van der Waals surface area contributed by atoms with Crippen molar-refractivity contribution in [1.29, 1.82) is 0 Å². The molecule has 0 heterocycles. The monoisotopic (exact) mass is 258 g/mol. The summed E-state index contributed by atoms with van der Waals surface area (Å²) < 4.78 is 5.25. The van der Waals surface area contributed by atoms with Gasteiger partial charge in [-0.2, -0.15) is 0 Å². The zero-order valence-electron chi connectivity index (χ0n) is 10.5. The van der Waals surface area contributed by atoms with Gasteiger partial charge in [-0.05, 0) is 29.3 Å². The van der Waals surface area contributed by atoms with Gasteiger partial charge in [0.05, 0.1) is 19.3 Å². The summed E-state index contributed by atoms with van der Waals surface area (Å²) >= 11 is 0. The van der Waals surface area contributed by atoms with Gasteiger partial charge in [-0.1, -0.05) is 24.3 Å². The van der Waals surface area contributed by atoms with Gasteiger partial charge in [0.1, 0.15) is 5.75 Å². The van der Waals surface area contributed by atoms with Gasteiger partial charge in [0.25, 0.3) is 0 Å². The zero-order valence-corrected chi connectivity index (χ0v) is 10.5. The predicted octanol–water partition coefficient (Wildman–Crippen LogP) is 2.55. The summed E-state index contributed by atoms with van der Waals surface area (Å²) in [5.41, 5.74) is 2.53. The third-order valence-electron chi connectivity index (χ3n) is 2.93. The van der Waals surface area contributed by atoms with Crippen molar-refractivity contribution in [3.05, 3.63) is 53.6 Å². The van der Waals surface area contributed by atoms with Gasteiger partial charge < -0.3 is 14.9 Å². The highest BCUT2D eigenvalue weighted by Gasteiger charge is 2.12. The Morgan fingerprint density at radius 2 is 1.89 bits per heavy atom. The Kier molecular flexibility index (Phi) is 3.82. The molecule has 2 aromatic rings. The summed E-state index contributed by atoms with van der Waals surface area (Å²) in [4.78, 5) is 10.9. The first-order valence-corrected chi connectivity index (χ1v) is 5.78. The number of aromatic carboxylic acids is 1. The SMILES string of the molecule is COc1cc(C(=O)O)ccc1-c1ccccc1CO. The third kappa shape index (κ3) is 2.58. The highest BCUT2D eigenvalue weighted by atomic mass is 16.5. The molecule has 0 aromatic heterocycles. The molecule has 0 aliphatic heterocycles. The lowest BCUT2D eigenvalue weighted by molar-refractivity contribution is 0.0696. The molecule has 2 N–H and O–H groups in total. The number of rotatable bonds is 4. The first-order valence-electron chi connectivity index (χ1n) is 5.78. The van der Waals surface area contributed by atoms with Crippen LogP contribution in [0, 0.1) is 0 Å². The fourth-order valence-corrected chi connectivity index (χ4v) is 1.97. The van der Waals surface area contributed by atoms with E-state index >= 15 is 0 Å². The molecule has 0 atom stereocenters. The maximum absolute atomic E-state index is 10.9. The second kappa shape index (κ2) is 5.54. The van der Waals surface area contributed by atoms with Crippen molar-refractivity contribution < 1.29 is 19.7 Å². The van der Waals surface area contributed by atoms with Gasteiger partial charge in [0.15, 0.2) is 0 Å². The summed E-state index contributed by atoms with van der Waals surface area (Å²) in [7, 11) is 1.49. The van der Waals surface area contributed by atoms with Gasteiger partial charge in [-0.3, -0.25) is 0 Å². The van der Waals surface area contributed by atoms with Gasteiger partial charge >= 0.3 is 5.97 Å². The number of carboxylic acids is 1. The molecule has 0 aliphatic carbocycles. The number of aliphatic hydroxyl groups excluding tert-OH is 1. The average molecular weight is 258 g/mol. The molecule has 4 heteroatoms. The molecule has 2 rings (SSSR count). The molecule has 0 bridgehead atoms. The molecule has 0 saturated heterocycles. The molecule has 0 radical (unpaired) electrons. The minimum Gasteiger partial charge on any atom is -0.496 e. The fourth-order valence-electron chi connectivity index (χ4n) is 1.97. The molecule has 0 unspecified atom stereocenters. The Bertz CT molecular complexity index is 605. The van der Waals surface area contributed by atoms with Crippen LogP contribution < -0.4 is 4.74 Å². The van der Waals surface area contributed by atoms with E-state index in [1.165, 1.54) is 19.2 Å². The van der Waals surface area contributed by atoms with Gasteiger partial charge in [-0.25, -0.2) is 4.79 Å². The number of ether oxygens (including phenoxy) is 1. The van der Waals surface area contributed by atoms with Crippen molar-refractivity contribution in [1.82, 2.24) is 0 Å². The lowest BCUT2D eigenvalue weighted by atomic mass is 9.98. The molecular weight excluding hydrogens is 244 g/mol. The summed E-state index contributed by atoms with van der Waals surface area (Å²) in [6.07, 6.45) is 0. The number of methoxy groups -OCH3 is 1. The molecule has 4 nitrogen and oxygen atoms in total. The van der Waals surface area contributed by atoms with E-state index in [-0.39, 0.29) is 12.2 Å². The summed E-state index contributed by atoms with van der Waals surface area (Å²) in [6, 6.07) is 12.1. The second-order valence-corrected chi connectivity index (χ2v) is 4.04. The minimum absolute atomic E-state index is 0.0833. The molecule has 19 heavy (non-hydrogen) atoms. The smallest absolute Gasteiger partial charge is 0.335 e. The van der Waals surface area contributed by atoms with Crippen LogP contribution >= 0.6 is 0 Å². The summed E-state index contributed by atoms with van der Waals surface area (Å²) in [6.45, 7) is -0.0833. The van der Waals surface area contributed by atoms with Crippen LogP contribution in [0.15, 0.2) is 42.5 Å². The lowest BCUT2D eigenvalue weighted by Crippen LogP contribution is -1.99. The minimum atomic E-state index is -1.000. The average Bonchev–Trinajstić information content (AvgIpc) is 2.46. The number of hydrogen-bond acceptors (Lipinski definition) is 3. The van der Waals surface area contributed by atoms with E-state index in [2.05, 4.69) is 0 Å². The van der Waals surface area contributed by atoms with Crippen LogP contribution in [-0.4, -0.2) is 23.3 Å². The molecule has 2 aromatic carbocycles. The Labute approximate surface area is 110 Å². The first kappa shape index (κ1) is 13.1. The van der Waals surface area contributed by atoms with E-state index in [1.54, 1.807) is 6.07 Å². The molecule has 0 saturated carbocycles. The number of benzene rings is 2. The predicted molar refractivity (Wildman–Crippen MR) is 71.3 cm³/mol. The third-order valence-corrected chi connectivity index (χ3v) is 2.93. The van der Waals surface area contributed by atoms with Crippen molar-refractivity contribution >= 4 is 5.97 Å². The van der Waals surface area contributed by atoms with Gasteiger partial charge in [0.2, 0.25) is 0 Å². The van der Waals surface area contributed by atoms with Crippen molar-refractivity contribution in [3.8, 4) is 16.9 Å².